The van der Waals surface area contributed by atoms with Gasteiger partial charge in [0.05, 0.1) is 11.0 Å². The van der Waals surface area contributed by atoms with Crippen LogP contribution in [-0.4, -0.2) is 52.5 Å². The zero-order valence-electron chi connectivity index (χ0n) is 18.8. The molecule has 7 nitrogen and oxygen atoms in total. The summed E-state index contributed by atoms with van der Waals surface area (Å²) < 4.78 is 7.42. The highest BCUT2D eigenvalue weighted by molar-refractivity contribution is 5.81. The Morgan fingerprint density at radius 2 is 1.73 bits per heavy atom. The monoisotopic (exact) mass is 446 g/mol. The number of carbonyl (C=O) groups excluding carboxylic acids is 2. The molecule has 0 spiro atoms. The second-order valence-electron chi connectivity index (χ2n) is 7.53. The number of nitrogens with one attached hydrogen (secondary N) is 1. The van der Waals surface area contributed by atoms with Crippen molar-refractivity contribution >= 4 is 22.8 Å². The molecular formula is C26H30N4O3. The zero-order chi connectivity index (χ0) is 23.5. The van der Waals surface area contributed by atoms with Gasteiger partial charge in [-0.05, 0) is 30.7 Å². The predicted molar refractivity (Wildman–Crippen MR) is 130 cm³/mol. The smallest absolute Gasteiger partial charge is 0.257 e. The minimum Gasteiger partial charge on any atom is -0.484 e. The molecule has 0 atom stereocenters. The first kappa shape index (κ1) is 23.8. The van der Waals surface area contributed by atoms with Crippen LogP contribution in [0.3, 0.4) is 0 Å². The molecular weight excluding hydrogens is 416 g/mol. The number of rotatable bonds is 13. The lowest BCUT2D eigenvalue weighted by Crippen LogP contribution is -2.34. The quantitative estimate of drug-likeness (QED) is 0.323. The van der Waals surface area contributed by atoms with Gasteiger partial charge in [-0.3, -0.25) is 9.59 Å². The van der Waals surface area contributed by atoms with Crippen molar-refractivity contribution in [1.82, 2.24) is 19.8 Å². The van der Waals surface area contributed by atoms with E-state index >= 15 is 0 Å². The summed E-state index contributed by atoms with van der Waals surface area (Å²) in [6.45, 7) is 9.05. The van der Waals surface area contributed by atoms with Crippen molar-refractivity contribution < 1.29 is 14.3 Å². The average Bonchev–Trinajstić information content (AvgIpc) is 3.18. The number of ether oxygens (including phenoxy) is 1. The topological polar surface area (TPSA) is 76.5 Å². The minimum atomic E-state index is -0.174. The summed E-state index contributed by atoms with van der Waals surface area (Å²) in [7, 11) is 0. The Bertz CT molecular complexity index is 1080. The van der Waals surface area contributed by atoms with Crippen LogP contribution < -0.4 is 10.1 Å². The van der Waals surface area contributed by atoms with Crippen LogP contribution >= 0.6 is 0 Å². The lowest BCUT2D eigenvalue weighted by Gasteiger charge is -2.20. The predicted octanol–water partition coefficient (Wildman–Crippen LogP) is 3.36. The van der Waals surface area contributed by atoms with Gasteiger partial charge in [0.25, 0.3) is 5.91 Å². The molecule has 0 fully saturated rings. The van der Waals surface area contributed by atoms with E-state index in [0.29, 0.717) is 38.2 Å². The molecule has 3 rings (SSSR count). The van der Waals surface area contributed by atoms with Crippen LogP contribution in [0, 0.1) is 0 Å². The van der Waals surface area contributed by atoms with Crippen molar-refractivity contribution in [3.05, 3.63) is 85.7 Å². The van der Waals surface area contributed by atoms with Crippen molar-refractivity contribution in [2.75, 3.05) is 26.2 Å². The maximum Gasteiger partial charge on any atom is 0.257 e. The third-order valence-electron chi connectivity index (χ3n) is 5.09. The van der Waals surface area contributed by atoms with E-state index in [2.05, 4.69) is 18.5 Å². The summed E-state index contributed by atoms with van der Waals surface area (Å²) >= 11 is 0. The maximum absolute atomic E-state index is 12.9. The number of para-hydroxylation sites is 3. The maximum atomic E-state index is 12.9. The summed E-state index contributed by atoms with van der Waals surface area (Å²) in [5.74, 6) is 1.28. The van der Waals surface area contributed by atoms with Crippen molar-refractivity contribution in [3.63, 3.8) is 0 Å². The van der Waals surface area contributed by atoms with Gasteiger partial charge in [0.1, 0.15) is 18.1 Å². The molecule has 0 bridgehead atoms. The molecule has 1 aromatic heterocycles. The van der Waals surface area contributed by atoms with E-state index in [-0.39, 0.29) is 25.0 Å². The highest BCUT2D eigenvalue weighted by Crippen LogP contribution is 2.17. The molecule has 33 heavy (non-hydrogen) atoms. The SMILES string of the molecule is C=CCN(CC=C)C(=O)Cn1c(CCCNC(=O)COc2ccccc2)nc2ccccc21. The van der Waals surface area contributed by atoms with Crippen molar-refractivity contribution in [2.45, 2.75) is 19.4 Å². The van der Waals surface area contributed by atoms with E-state index in [1.165, 1.54) is 0 Å². The molecule has 0 aliphatic carbocycles. The zero-order valence-corrected chi connectivity index (χ0v) is 18.8. The molecule has 2 aromatic carbocycles. The third kappa shape index (κ3) is 6.80. The molecule has 1 N–H and O–H groups in total. The van der Waals surface area contributed by atoms with Gasteiger partial charge in [-0.2, -0.15) is 0 Å². The van der Waals surface area contributed by atoms with E-state index < -0.39 is 0 Å². The number of imidazole rings is 1. The summed E-state index contributed by atoms with van der Waals surface area (Å²) in [5, 5.41) is 2.87. The fraction of sp³-hybridized carbons (Fsp3) is 0.269. The number of hydrogen-bond acceptors (Lipinski definition) is 4. The molecule has 0 saturated carbocycles. The fourth-order valence-corrected chi connectivity index (χ4v) is 3.51. The van der Waals surface area contributed by atoms with E-state index in [1.54, 1.807) is 17.1 Å². The number of aryl methyl sites for hydroxylation is 1. The van der Waals surface area contributed by atoms with E-state index in [9.17, 15) is 9.59 Å². The van der Waals surface area contributed by atoms with Crippen LogP contribution in [0.4, 0.5) is 0 Å². The van der Waals surface area contributed by atoms with Gasteiger partial charge in [0.15, 0.2) is 6.61 Å². The van der Waals surface area contributed by atoms with Crippen LogP contribution in [-0.2, 0) is 22.6 Å². The Balaban J connectivity index is 1.58. The van der Waals surface area contributed by atoms with Crippen molar-refractivity contribution in [1.29, 1.82) is 0 Å². The average molecular weight is 447 g/mol. The molecule has 172 valence electrons. The van der Waals surface area contributed by atoms with Crippen LogP contribution in [0.25, 0.3) is 11.0 Å². The van der Waals surface area contributed by atoms with Crippen LogP contribution in [0.1, 0.15) is 12.2 Å². The first-order chi connectivity index (χ1) is 16.1. The molecule has 0 aliphatic heterocycles. The molecule has 2 amide bonds. The lowest BCUT2D eigenvalue weighted by molar-refractivity contribution is -0.130. The highest BCUT2D eigenvalue weighted by Gasteiger charge is 2.17. The third-order valence-corrected chi connectivity index (χ3v) is 5.09. The Kier molecular flexibility index (Phi) is 8.82. The summed E-state index contributed by atoms with van der Waals surface area (Å²) in [6.07, 6.45) is 4.74. The van der Waals surface area contributed by atoms with Gasteiger partial charge in [0, 0.05) is 26.1 Å². The van der Waals surface area contributed by atoms with Crippen LogP contribution in [0.2, 0.25) is 0 Å². The number of benzene rings is 2. The standard InChI is InChI=1S/C26H30N4O3/c1-3-17-29(18-4-2)26(32)19-30-23-14-9-8-13-22(23)28-24(30)15-10-16-27-25(31)20-33-21-11-6-5-7-12-21/h3-9,11-14H,1-2,10,15-20H2,(H,27,31). The Morgan fingerprint density at radius 1 is 1.03 bits per heavy atom. The van der Waals surface area contributed by atoms with Gasteiger partial charge in [-0.1, -0.05) is 42.5 Å². The van der Waals surface area contributed by atoms with Crippen LogP contribution in [0.15, 0.2) is 79.9 Å². The number of amides is 2. The molecule has 7 heteroatoms. The van der Waals surface area contributed by atoms with E-state index in [1.807, 2.05) is 59.2 Å². The first-order valence-corrected chi connectivity index (χ1v) is 11.0. The van der Waals surface area contributed by atoms with E-state index in [4.69, 9.17) is 9.72 Å². The molecule has 0 radical (unpaired) electrons. The van der Waals surface area contributed by atoms with Crippen molar-refractivity contribution in [2.24, 2.45) is 0 Å². The van der Waals surface area contributed by atoms with E-state index in [0.717, 1.165) is 16.9 Å². The van der Waals surface area contributed by atoms with Gasteiger partial charge >= 0.3 is 0 Å². The summed E-state index contributed by atoms with van der Waals surface area (Å²) in [5.41, 5.74) is 1.76. The second kappa shape index (κ2) is 12.2. The molecule has 0 saturated heterocycles. The normalized spacial score (nSPS) is 10.5. The largest absolute Gasteiger partial charge is 0.484 e. The molecule has 1 heterocycles. The Morgan fingerprint density at radius 3 is 2.45 bits per heavy atom. The first-order valence-electron chi connectivity index (χ1n) is 11.0. The summed E-state index contributed by atoms with van der Waals surface area (Å²) in [6, 6.07) is 17.0. The van der Waals surface area contributed by atoms with Gasteiger partial charge in [-0.25, -0.2) is 4.98 Å². The number of hydrogen-bond donors (Lipinski definition) is 1. The summed E-state index contributed by atoms with van der Waals surface area (Å²) in [4.78, 5) is 31.4. The molecule has 0 aliphatic rings. The number of aromatic nitrogens is 2. The van der Waals surface area contributed by atoms with Gasteiger partial charge in [0.2, 0.25) is 5.91 Å². The lowest BCUT2D eigenvalue weighted by atomic mass is 10.3. The number of nitrogens with zero attached hydrogens (tertiary/aromatic N) is 3. The Hall–Kier alpha value is -3.87. The molecule has 0 unspecified atom stereocenters. The highest BCUT2D eigenvalue weighted by atomic mass is 16.5. The Labute approximate surface area is 194 Å². The fourth-order valence-electron chi connectivity index (χ4n) is 3.51. The number of carbonyl (C=O) groups is 2. The number of fused-ring (bicyclic) bond motifs is 1. The van der Waals surface area contributed by atoms with Crippen molar-refractivity contribution in [3.8, 4) is 5.75 Å². The molecule has 3 aromatic rings. The minimum absolute atomic E-state index is 0.0226. The van der Waals surface area contributed by atoms with Gasteiger partial charge < -0.3 is 19.5 Å². The van der Waals surface area contributed by atoms with Crippen LogP contribution in [0.5, 0.6) is 5.75 Å². The second-order valence-corrected chi connectivity index (χ2v) is 7.53. The van der Waals surface area contributed by atoms with Gasteiger partial charge in [-0.15, -0.1) is 13.2 Å².